The van der Waals surface area contributed by atoms with E-state index in [1.807, 2.05) is 47.1 Å². The summed E-state index contributed by atoms with van der Waals surface area (Å²) in [4.78, 5) is 15.0. The summed E-state index contributed by atoms with van der Waals surface area (Å²) in [6, 6.07) is 12.3. The molecule has 1 aromatic carbocycles. The second-order valence-corrected chi connectivity index (χ2v) is 7.06. The molecule has 1 amide bonds. The van der Waals surface area contributed by atoms with Gasteiger partial charge in [-0.25, -0.2) is 9.50 Å². The minimum atomic E-state index is 0.295. The molecule has 0 saturated heterocycles. The van der Waals surface area contributed by atoms with Crippen LogP contribution in [0.4, 0.5) is 5.82 Å². The fourth-order valence-corrected chi connectivity index (χ4v) is 3.70. The van der Waals surface area contributed by atoms with Crippen LogP contribution in [0, 0.1) is 0 Å². The van der Waals surface area contributed by atoms with Gasteiger partial charge in [0.1, 0.15) is 5.82 Å². The number of fused-ring (bicyclic) bond motifs is 1. The van der Waals surface area contributed by atoms with Crippen molar-refractivity contribution < 1.29 is 4.79 Å². The van der Waals surface area contributed by atoms with Crippen molar-refractivity contribution in [1.82, 2.24) is 19.9 Å². The summed E-state index contributed by atoms with van der Waals surface area (Å²) in [5.41, 5.74) is 2.68. The molecule has 4 rings (SSSR count). The van der Waals surface area contributed by atoms with Crippen LogP contribution in [0.3, 0.4) is 0 Å². The molecule has 1 aliphatic carbocycles. The summed E-state index contributed by atoms with van der Waals surface area (Å²) < 4.78 is 1.84. The van der Waals surface area contributed by atoms with Gasteiger partial charge in [-0.05, 0) is 49.9 Å². The Hall–Kier alpha value is -2.60. The van der Waals surface area contributed by atoms with Gasteiger partial charge >= 0.3 is 0 Å². The third kappa shape index (κ3) is 3.51. The Labute approximate surface area is 156 Å². The molecule has 0 radical (unpaired) electrons. The number of benzene rings is 1. The quantitative estimate of drug-likeness (QED) is 0.675. The highest BCUT2D eigenvalue weighted by atomic mass is 35.5. The lowest BCUT2D eigenvalue weighted by Gasteiger charge is -2.28. The maximum Gasteiger partial charge on any atom is 0.207 e. The third-order valence-electron chi connectivity index (χ3n) is 4.87. The molecular formula is C19H20ClN5O. The Morgan fingerprint density at radius 3 is 2.69 bits per heavy atom. The van der Waals surface area contributed by atoms with E-state index in [2.05, 4.69) is 15.6 Å². The Morgan fingerprint density at radius 1 is 1.12 bits per heavy atom. The van der Waals surface area contributed by atoms with E-state index in [-0.39, 0.29) is 0 Å². The number of nitrogens with one attached hydrogen (secondary N) is 2. The van der Waals surface area contributed by atoms with E-state index in [1.54, 1.807) is 0 Å². The first-order valence-corrected chi connectivity index (χ1v) is 9.18. The SMILES string of the molecule is O=CNC1CCC(Nc2ccc3ncc(-c4cccc(Cl)c4)n3n2)CC1. The highest BCUT2D eigenvalue weighted by Gasteiger charge is 2.21. The number of carbonyl (C=O) groups is 1. The number of hydrogen-bond acceptors (Lipinski definition) is 4. The van der Waals surface area contributed by atoms with Crippen molar-refractivity contribution in [1.29, 1.82) is 0 Å². The lowest BCUT2D eigenvalue weighted by Crippen LogP contribution is -2.36. The van der Waals surface area contributed by atoms with Gasteiger partial charge in [-0.15, -0.1) is 5.10 Å². The van der Waals surface area contributed by atoms with E-state index in [0.717, 1.165) is 54.8 Å². The molecule has 2 heterocycles. The van der Waals surface area contributed by atoms with E-state index in [1.165, 1.54) is 0 Å². The van der Waals surface area contributed by atoms with Gasteiger partial charge in [0.15, 0.2) is 5.65 Å². The molecule has 26 heavy (non-hydrogen) atoms. The number of rotatable bonds is 5. The smallest absolute Gasteiger partial charge is 0.207 e. The largest absolute Gasteiger partial charge is 0.366 e. The van der Waals surface area contributed by atoms with Crippen LogP contribution in [0.25, 0.3) is 16.9 Å². The average Bonchev–Trinajstić information content (AvgIpc) is 3.07. The van der Waals surface area contributed by atoms with E-state index in [9.17, 15) is 4.79 Å². The second-order valence-electron chi connectivity index (χ2n) is 6.62. The standard InChI is InChI=1S/C19H20ClN5O/c20-14-3-1-2-13(10-14)17-11-21-19-9-8-18(24-25(17)19)23-16-6-4-15(5-7-16)22-12-26/h1-3,8-12,15-16H,4-7H2,(H,22,26)(H,23,24). The van der Waals surface area contributed by atoms with Crippen molar-refractivity contribution in [2.24, 2.45) is 0 Å². The summed E-state index contributed by atoms with van der Waals surface area (Å²) >= 11 is 6.12. The molecular weight excluding hydrogens is 350 g/mol. The first-order valence-electron chi connectivity index (χ1n) is 8.80. The topological polar surface area (TPSA) is 71.3 Å². The van der Waals surface area contributed by atoms with Crippen LogP contribution in [0.1, 0.15) is 25.7 Å². The molecule has 2 N–H and O–H groups in total. The average molecular weight is 370 g/mol. The highest BCUT2D eigenvalue weighted by Crippen LogP contribution is 2.25. The lowest BCUT2D eigenvalue weighted by molar-refractivity contribution is -0.110. The predicted molar refractivity (Wildman–Crippen MR) is 102 cm³/mol. The van der Waals surface area contributed by atoms with Gasteiger partial charge in [0, 0.05) is 22.7 Å². The molecule has 7 heteroatoms. The molecule has 0 aliphatic heterocycles. The van der Waals surface area contributed by atoms with Gasteiger partial charge in [0.25, 0.3) is 0 Å². The third-order valence-corrected chi connectivity index (χ3v) is 5.10. The van der Waals surface area contributed by atoms with Crippen LogP contribution in [0.5, 0.6) is 0 Å². The summed E-state index contributed by atoms with van der Waals surface area (Å²) in [6.45, 7) is 0. The van der Waals surface area contributed by atoms with E-state index in [0.29, 0.717) is 17.1 Å². The first-order chi connectivity index (χ1) is 12.7. The van der Waals surface area contributed by atoms with Crippen LogP contribution >= 0.6 is 11.6 Å². The highest BCUT2D eigenvalue weighted by molar-refractivity contribution is 6.30. The number of carbonyl (C=O) groups excluding carboxylic acids is 1. The maximum atomic E-state index is 10.6. The number of anilines is 1. The number of halogens is 1. The molecule has 0 spiro atoms. The van der Waals surface area contributed by atoms with Crippen LogP contribution in [-0.4, -0.2) is 33.1 Å². The van der Waals surface area contributed by atoms with E-state index >= 15 is 0 Å². The minimum absolute atomic E-state index is 0.295. The zero-order valence-corrected chi connectivity index (χ0v) is 15.0. The number of imidazole rings is 1. The van der Waals surface area contributed by atoms with Crippen LogP contribution in [0.15, 0.2) is 42.6 Å². The summed E-state index contributed by atoms with van der Waals surface area (Å²) in [6.07, 6.45) is 6.60. The second kappa shape index (κ2) is 7.33. The first kappa shape index (κ1) is 16.8. The van der Waals surface area contributed by atoms with Crippen molar-refractivity contribution >= 4 is 29.5 Å². The van der Waals surface area contributed by atoms with Gasteiger partial charge in [-0.3, -0.25) is 4.79 Å². The van der Waals surface area contributed by atoms with Crippen molar-refractivity contribution in [3.63, 3.8) is 0 Å². The molecule has 3 aromatic rings. The molecule has 2 aromatic heterocycles. The Balaban J connectivity index is 1.54. The van der Waals surface area contributed by atoms with Gasteiger partial charge < -0.3 is 10.6 Å². The molecule has 1 saturated carbocycles. The van der Waals surface area contributed by atoms with Crippen molar-refractivity contribution in [2.45, 2.75) is 37.8 Å². The minimum Gasteiger partial charge on any atom is -0.366 e. The summed E-state index contributed by atoms with van der Waals surface area (Å²) in [5, 5.41) is 11.8. The molecule has 0 unspecified atom stereocenters. The maximum absolute atomic E-state index is 10.6. The Morgan fingerprint density at radius 2 is 1.92 bits per heavy atom. The molecule has 0 bridgehead atoms. The molecule has 6 nitrogen and oxygen atoms in total. The number of hydrogen-bond donors (Lipinski definition) is 2. The summed E-state index contributed by atoms with van der Waals surface area (Å²) in [7, 11) is 0. The van der Waals surface area contributed by atoms with E-state index < -0.39 is 0 Å². The van der Waals surface area contributed by atoms with Gasteiger partial charge in [-0.2, -0.15) is 0 Å². The Kier molecular flexibility index (Phi) is 4.75. The molecule has 1 aliphatic rings. The zero-order valence-electron chi connectivity index (χ0n) is 14.2. The molecule has 134 valence electrons. The van der Waals surface area contributed by atoms with Crippen molar-refractivity contribution in [3.8, 4) is 11.3 Å². The molecule has 1 fully saturated rings. The van der Waals surface area contributed by atoms with Crippen LogP contribution < -0.4 is 10.6 Å². The monoisotopic (exact) mass is 369 g/mol. The normalized spacial score (nSPS) is 20.0. The van der Waals surface area contributed by atoms with Crippen LogP contribution in [0.2, 0.25) is 5.02 Å². The lowest BCUT2D eigenvalue weighted by atomic mass is 9.91. The molecule has 0 atom stereocenters. The fraction of sp³-hybridized carbons (Fsp3) is 0.316. The fourth-order valence-electron chi connectivity index (χ4n) is 3.50. The summed E-state index contributed by atoms with van der Waals surface area (Å²) in [5.74, 6) is 0.825. The number of nitrogens with zero attached hydrogens (tertiary/aromatic N) is 3. The van der Waals surface area contributed by atoms with Gasteiger partial charge in [0.2, 0.25) is 6.41 Å². The van der Waals surface area contributed by atoms with Gasteiger partial charge in [0.05, 0.1) is 11.9 Å². The van der Waals surface area contributed by atoms with Gasteiger partial charge in [-0.1, -0.05) is 23.7 Å². The van der Waals surface area contributed by atoms with E-state index in [4.69, 9.17) is 16.7 Å². The number of aromatic nitrogens is 3. The zero-order chi connectivity index (χ0) is 17.9. The number of amides is 1. The predicted octanol–water partition coefficient (Wildman–Crippen LogP) is 3.52. The van der Waals surface area contributed by atoms with Crippen molar-refractivity contribution in [2.75, 3.05) is 5.32 Å². The van der Waals surface area contributed by atoms with Crippen LogP contribution in [-0.2, 0) is 4.79 Å². The Bertz CT molecular complexity index is 917. The van der Waals surface area contributed by atoms with Crippen molar-refractivity contribution in [3.05, 3.63) is 47.6 Å².